The Labute approximate surface area is 287 Å². The van der Waals surface area contributed by atoms with Gasteiger partial charge in [0.2, 0.25) is 0 Å². The standard InChI is InChI=1S/C48H28O2/c1-2-12-29(13-3-1)31-24-25-40(33-15-5-4-14-32(31)33)46-38-19-8-6-17-36(38)45(37-18-7-9-20-39(37)46)30-22-23-35-42-27-26-41-34-16-10-11-21-43(34)49-47(41)48(42)50-44(35)28-30/h1-28H. The van der Waals surface area contributed by atoms with Crippen molar-refractivity contribution in [3.8, 4) is 33.4 Å². The quantitative estimate of drug-likeness (QED) is 0.180. The van der Waals surface area contributed by atoms with Crippen molar-refractivity contribution in [2.45, 2.75) is 0 Å². The average Bonchev–Trinajstić information content (AvgIpc) is 3.75. The normalized spacial score (nSPS) is 12.0. The minimum Gasteiger partial charge on any atom is -0.452 e. The zero-order valence-electron chi connectivity index (χ0n) is 27.0. The van der Waals surface area contributed by atoms with E-state index in [-0.39, 0.29) is 0 Å². The van der Waals surface area contributed by atoms with Gasteiger partial charge in [-0.3, -0.25) is 0 Å². The molecule has 0 atom stereocenters. The topological polar surface area (TPSA) is 26.3 Å². The Kier molecular flexibility index (Phi) is 5.70. The molecule has 2 nitrogen and oxygen atoms in total. The van der Waals surface area contributed by atoms with Gasteiger partial charge in [0.05, 0.1) is 0 Å². The SMILES string of the molecule is c1ccc(-c2ccc(-c3c4ccccc4c(-c4ccc5c(c4)oc4c5ccc5c6ccccc6oc54)c4ccccc34)c3ccccc23)cc1. The molecule has 11 aromatic rings. The number of rotatable bonds is 3. The fourth-order valence-corrected chi connectivity index (χ4v) is 8.29. The van der Waals surface area contributed by atoms with Crippen LogP contribution >= 0.6 is 0 Å². The number of fused-ring (bicyclic) bond motifs is 10. The van der Waals surface area contributed by atoms with Gasteiger partial charge in [0.15, 0.2) is 11.2 Å². The highest BCUT2D eigenvalue weighted by atomic mass is 16.4. The smallest absolute Gasteiger partial charge is 0.178 e. The average molecular weight is 637 g/mol. The largest absolute Gasteiger partial charge is 0.452 e. The summed E-state index contributed by atoms with van der Waals surface area (Å²) in [6, 6.07) is 61.0. The lowest BCUT2D eigenvalue weighted by atomic mass is 9.83. The van der Waals surface area contributed by atoms with Crippen molar-refractivity contribution in [2.24, 2.45) is 0 Å². The third kappa shape index (κ3) is 3.85. The minimum absolute atomic E-state index is 0.793. The number of para-hydroxylation sites is 1. The van der Waals surface area contributed by atoms with E-state index in [1.165, 1.54) is 60.1 Å². The van der Waals surface area contributed by atoms with Crippen LogP contribution in [0.25, 0.3) is 110 Å². The van der Waals surface area contributed by atoms with Crippen LogP contribution in [0.4, 0.5) is 0 Å². The first-order valence-electron chi connectivity index (χ1n) is 17.1. The monoisotopic (exact) mass is 636 g/mol. The van der Waals surface area contributed by atoms with Crippen LogP contribution in [0.1, 0.15) is 0 Å². The van der Waals surface area contributed by atoms with Crippen LogP contribution in [-0.2, 0) is 0 Å². The zero-order chi connectivity index (χ0) is 32.8. The van der Waals surface area contributed by atoms with E-state index in [0.717, 1.165) is 49.4 Å². The maximum absolute atomic E-state index is 6.68. The lowest BCUT2D eigenvalue weighted by Crippen LogP contribution is -1.92. The molecule has 232 valence electrons. The highest BCUT2D eigenvalue weighted by molar-refractivity contribution is 6.25. The minimum atomic E-state index is 0.793. The molecule has 0 bridgehead atoms. The van der Waals surface area contributed by atoms with Gasteiger partial charge in [0.1, 0.15) is 11.2 Å². The summed E-state index contributed by atoms with van der Waals surface area (Å²) in [6.45, 7) is 0. The highest BCUT2D eigenvalue weighted by Crippen LogP contribution is 2.47. The number of furan rings is 2. The molecular formula is C48H28O2. The van der Waals surface area contributed by atoms with Gasteiger partial charge in [-0.25, -0.2) is 0 Å². The number of hydrogen-bond donors (Lipinski definition) is 0. The summed E-state index contributed by atoms with van der Waals surface area (Å²) in [5.41, 5.74) is 10.6. The number of hydrogen-bond acceptors (Lipinski definition) is 2. The maximum Gasteiger partial charge on any atom is 0.178 e. The van der Waals surface area contributed by atoms with Gasteiger partial charge in [0, 0.05) is 21.5 Å². The Morgan fingerprint density at radius 3 is 1.38 bits per heavy atom. The molecule has 0 aliphatic carbocycles. The third-order valence-corrected chi connectivity index (χ3v) is 10.5. The van der Waals surface area contributed by atoms with Gasteiger partial charge in [-0.05, 0) is 96.0 Å². The molecule has 0 saturated carbocycles. The first-order valence-corrected chi connectivity index (χ1v) is 17.1. The molecule has 0 fully saturated rings. The van der Waals surface area contributed by atoms with Crippen LogP contribution in [0, 0.1) is 0 Å². The van der Waals surface area contributed by atoms with Gasteiger partial charge < -0.3 is 8.83 Å². The van der Waals surface area contributed by atoms with Gasteiger partial charge in [-0.15, -0.1) is 0 Å². The van der Waals surface area contributed by atoms with E-state index in [2.05, 4.69) is 158 Å². The van der Waals surface area contributed by atoms with Crippen molar-refractivity contribution in [1.82, 2.24) is 0 Å². The van der Waals surface area contributed by atoms with Crippen molar-refractivity contribution in [3.05, 3.63) is 170 Å². The maximum atomic E-state index is 6.68. The predicted molar refractivity (Wildman–Crippen MR) is 210 cm³/mol. The Morgan fingerprint density at radius 1 is 0.260 bits per heavy atom. The fraction of sp³-hybridized carbons (Fsp3) is 0. The van der Waals surface area contributed by atoms with Gasteiger partial charge >= 0.3 is 0 Å². The van der Waals surface area contributed by atoms with Crippen LogP contribution < -0.4 is 0 Å². The summed E-state index contributed by atoms with van der Waals surface area (Å²) in [7, 11) is 0. The molecule has 50 heavy (non-hydrogen) atoms. The lowest BCUT2D eigenvalue weighted by molar-refractivity contribution is 0.633. The first-order chi connectivity index (χ1) is 24.8. The molecule has 0 radical (unpaired) electrons. The van der Waals surface area contributed by atoms with Gasteiger partial charge in [-0.2, -0.15) is 0 Å². The molecule has 0 N–H and O–H groups in total. The van der Waals surface area contributed by atoms with Crippen LogP contribution in [0.2, 0.25) is 0 Å². The summed E-state index contributed by atoms with van der Waals surface area (Å²) in [6.07, 6.45) is 0. The first kappa shape index (κ1) is 27.3. The van der Waals surface area contributed by atoms with E-state index >= 15 is 0 Å². The zero-order valence-corrected chi connectivity index (χ0v) is 27.0. The molecule has 2 aromatic heterocycles. The summed E-state index contributed by atoms with van der Waals surface area (Å²) in [5.74, 6) is 0. The molecule has 0 aliphatic heterocycles. The molecule has 11 rings (SSSR count). The van der Waals surface area contributed by atoms with E-state index in [4.69, 9.17) is 8.83 Å². The molecule has 0 amide bonds. The molecule has 9 aromatic carbocycles. The van der Waals surface area contributed by atoms with Crippen LogP contribution in [0.3, 0.4) is 0 Å². The lowest BCUT2D eigenvalue weighted by Gasteiger charge is -2.19. The molecule has 0 spiro atoms. The summed E-state index contributed by atoms with van der Waals surface area (Å²) in [5, 5.41) is 11.7. The van der Waals surface area contributed by atoms with E-state index in [1.54, 1.807) is 0 Å². The number of benzene rings is 9. The fourth-order valence-electron chi connectivity index (χ4n) is 8.29. The van der Waals surface area contributed by atoms with Gasteiger partial charge in [-0.1, -0.05) is 140 Å². The van der Waals surface area contributed by atoms with Crippen LogP contribution in [0.5, 0.6) is 0 Å². The molecule has 2 heteroatoms. The second kappa shape index (κ2) is 10.4. The van der Waals surface area contributed by atoms with E-state index in [1.807, 2.05) is 12.1 Å². The second-order valence-corrected chi connectivity index (χ2v) is 13.1. The third-order valence-electron chi connectivity index (χ3n) is 10.5. The molecule has 0 unspecified atom stereocenters. The van der Waals surface area contributed by atoms with Crippen LogP contribution in [-0.4, -0.2) is 0 Å². The predicted octanol–water partition coefficient (Wildman–Crippen LogP) is 13.9. The molecular weight excluding hydrogens is 609 g/mol. The molecule has 0 saturated heterocycles. The Balaban J connectivity index is 1.18. The van der Waals surface area contributed by atoms with Crippen molar-refractivity contribution in [2.75, 3.05) is 0 Å². The van der Waals surface area contributed by atoms with Crippen LogP contribution in [0.15, 0.2) is 179 Å². The van der Waals surface area contributed by atoms with Gasteiger partial charge in [0.25, 0.3) is 0 Å². The van der Waals surface area contributed by atoms with E-state index < -0.39 is 0 Å². The van der Waals surface area contributed by atoms with Crippen molar-refractivity contribution < 1.29 is 8.83 Å². The second-order valence-electron chi connectivity index (χ2n) is 13.1. The summed E-state index contributed by atoms with van der Waals surface area (Å²) in [4.78, 5) is 0. The Hall–Kier alpha value is -6.64. The van der Waals surface area contributed by atoms with Crippen molar-refractivity contribution in [1.29, 1.82) is 0 Å². The Bertz CT molecular complexity index is 3080. The molecule has 0 aliphatic rings. The highest BCUT2D eigenvalue weighted by Gasteiger charge is 2.21. The van der Waals surface area contributed by atoms with E-state index in [0.29, 0.717) is 0 Å². The summed E-state index contributed by atoms with van der Waals surface area (Å²) >= 11 is 0. The Morgan fingerprint density at radius 2 is 0.720 bits per heavy atom. The van der Waals surface area contributed by atoms with E-state index in [9.17, 15) is 0 Å². The van der Waals surface area contributed by atoms with Crippen molar-refractivity contribution in [3.63, 3.8) is 0 Å². The molecule has 2 heterocycles. The van der Waals surface area contributed by atoms with Crippen molar-refractivity contribution >= 4 is 76.2 Å². The summed E-state index contributed by atoms with van der Waals surface area (Å²) < 4.78 is 13.0.